The van der Waals surface area contributed by atoms with Gasteiger partial charge in [-0.1, -0.05) is 12.1 Å². The Bertz CT molecular complexity index is 659. The van der Waals surface area contributed by atoms with Crippen molar-refractivity contribution in [2.24, 2.45) is 4.99 Å². The van der Waals surface area contributed by atoms with E-state index in [9.17, 15) is 4.79 Å². The van der Waals surface area contributed by atoms with Crippen molar-refractivity contribution in [3.63, 3.8) is 0 Å². The zero-order valence-corrected chi connectivity index (χ0v) is 16.4. The van der Waals surface area contributed by atoms with Gasteiger partial charge in [-0.25, -0.2) is 9.79 Å². The largest absolute Gasteiger partial charge is 0.373 e. The maximum absolute atomic E-state index is 11.7. The molecule has 3 unspecified atom stereocenters. The molecule has 2 heterocycles. The summed E-state index contributed by atoms with van der Waals surface area (Å²) in [6, 6.07) is 8.03. The number of urea groups is 1. The molecule has 2 bridgehead atoms. The van der Waals surface area contributed by atoms with Crippen LogP contribution in [0.1, 0.15) is 45.6 Å². The number of aliphatic imine (C=N–C) groups is 1. The summed E-state index contributed by atoms with van der Waals surface area (Å²) >= 11 is 0. The van der Waals surface area contributed by atoms with Crippen LogP contribution in [-0.2, 0) is 11.3 Å². The lowest BCUT2D eigenvalue weighted by Gasteiger charge is -2.22. The fourth-order valence-corrected chi connectivity index (χ4v) is 3.58. The molecule has 0 spiro atoms. The molecule has 1 aromatic carbocycles. The number of ether oxygens (including phenoxy) is 1. The summed E-state index contributed by atoms with van der Waals surface area (Å²) in [6.45, 7) is 7.33. The summed E-state index contributed by atoms with van der Waals surface area (Å²) in [5, 5.41) is 12.5. The normalized spacial score (nSPS) is 24.1. The summed E-state index contributed by atoms with van der Waals surface area (Å²) in [6.07, 6.45) is 4.13. The third kappa shape index (κ3) is 5.60. The number of carbonyl (C=O) groups is 1. The van der Waals surface area contributed by atoms with Crippen molar-refractivity contribution < 1.29 is 9.53 Å². The van der Waals surface area contributed by atoms with Gasteiger partial charge in [-0.3, -0.25) is 0 Å². The number of nitrogens with zero attached hydrogens (tertiary/aromatic N) is 1. The molecule has 2 amide bonds. The number of carbonyl (C=O) groups excluding carboxylic acids is 1. The average Bonchev–Trinajstić information content (AvgIpc) is 3.23. The Labute approximate surface area is 161 Å². The van der Waals surface area contributed by atoms with Gasteiger partial charge in [0.25, 0.3) is 0 Å². The van der Waals surface area contributed by atoms with E-state index in [-0.39, 0.29) is 12.1 Å². The Hall–Kier alpha value is -2.28. The summed E-state index contributed by atoms with van der Waals surface area (Å²) < 4.78 is 5.91. The second-order valence-electron chi connectivity index (χ2n) is 7.51. The molecule has 4 N–H and O–H groups in total. The van der Waals surface area contributed by atoms with Crippen LogP contribution in [0.3, 0.4) is 0 Å². The van der Waals surface area contributed by atoms with Crippen LogP contribution >= 0.6 is 0 Å². The van der Waals surface area contributed by atoms with Crippen molar-refractivity contribution >= 4 is 17.7 Å². The zero-order chi connectivity index (χ0) is 19.2. The number of guanidine groups is 1. The molecule has 2 saturated heterocycles. The first-order valence-corrected chi connectivity index (χ1v) is 9.90. The van der Waals surface area contributed by atoms with Gasteiger partial charge in [0.15, 0.2) is 5.96 Å². The van der Waals surface area contributed by atoms with E-state index < -0.39 is 0 Å². The highest BCUT2D eigenvalue weighted by Gasteiger charge is 2.41. The number of benzene rings is 1. The molecule has 27 heavy (non-hydrogen) atoms. The van der Waals surface area contributed by atoms with Crippen molar-refractivity contribution in [3.8, 4) is 0 Å². The van der Waals surface area contributed by atoms with Gasteiger partial charge in [0.2, 0.25) is 0 Å². The molecular formula is C20H31N5O2. The molecule has 7 nitrogen and oxygen atoms in total. The molecule has 148 valence electrons. The van der Waals surface area contributed by atoms with Gasteiger partial charge in [0.05, 0.1) is 24.8 Å². The summed E-state index contributed by atoms with van der Waals surface area (Å²) in [4.78, 5) is 16.4. The van der Waals surface area contributed by atoms with Crippen LogP contribution in [-0.4, -0.2) is 42.8 Å². The molecule has 2 aliphatic rings. The molecule has 3 rings (SSSR count). The Morgan fingerprint density at radius 2 is 2.04 bits per heavy atom. The lowest BCUT2D eigenvalue weighted by molar-refractivity contribution is 0.0992. The van der Waals surface area contributed by atoms with Crippen LogP contribution in [0.2, 0.25) is 0 Å². The molecule has 7 heteroatoms. The average molecular weight is 374 g/mol. The highest BCUT2D eigenvalue weighted by molar-refractivity contribution is 5.89. The van der Waals surface area contributed by atoms with E-state index in [1.54, 1.807) is 0 Å². The number of nitrogens with one attached hydrogen (secondary N) is 4. The topological polar surface area (TPSA) is 86.8 Å². The number of fused-ring (bicyclic) bond motifs is 2. The first-order valence-electron chi connectivity index (χ1n) is 9.90. The Kier molecular flexibility index (Phi) is 6.55. The minimum Gasteiger partial charge on any atom is -0.373 e. The number of anilines is 1. The number of hydrogen-bond donors (Lipinski definition) is 4. The lowest BCUT2D eigenvalue weighted by Crippen LogP contribution is -2.47. The predicted octanol–water partition coefficient (Wildman–Crippen LogP) is 2.59. The first-order chi connectivity index (χ1) is 13.0. The Morgan fingerprint density at radius 1 is 1.26 bits per heavy atom. The maximum Gasteiger partial charge on any atom is 0.319 e. The second-order valence-corrected chi connectivity index (χ2v) is 7.51. The standard InChI is InChI=1S/C20H31N5O2/c1-4-21-19(25-17-11-16-9-10-18(17)27-16)22-12-14-5-7-15(8-6-14)24-20(26)23-13(2)3/h5-8,13,16-18H,4,9-12H2,1-3H3,(H2,21,22,25)(H2,23,24,26). The second kappa shape index (κ2) is 9.08. The quantitative estimate of drug-likeness (QED) is 0.456. The van der Waals surface area contributed by atoms with Gasteiger partial charge >= 0.3 is 6.03 Å². The van der Waals surface area contributed by atoms with E-state index in [4.69, 9.17) is 9.73 Å². The van der Waals surface area contributed by atoms with Gasteiger partial charge in [0.1, 0.15) is 0 Å². The fourth-order valence-electron chi connectivity index (χ4n) is 3.58. The first kappa shape index (κ1) is 19.5. The SMILES string of the molecule is CCNC(=NCc1ccc(NC(=O)NC(C)C)cc1)NC1CC2CCC1O2. The third-order valence-electron chi connectivity index (χ3n) is 4.82. The number of amides is 2. The van der Waals surface area contributed by atoms with Crippen molar-refractivity contribution in [2.75, 3.05) is 11.9 Å². The molecule has 0 saturated carbocycles. The van der Waals surface area contributed by atoms with Gasteiger partial charge in [-0.05, 0) is 57.7 Å². The number of rotatable bonds is 6. The number of hydrogen-bond acceptors (Lipinski definition) is 3. The molecule has 1 aromatic rings. The molecular weight excluding hydrogens is 342 g/mol. The van der Waals surface area contributed by atoms with Crippen molar-refractivity contribution in [1.82, 2.24) is 16.0 Å². The van der Waals surface area contributed by atoms with Crippen LogP contribution in [0.25, 0.3) is 0 Å². The minimum atomic E-state index is -0.192. The van der Waals surface area contributed by atoms with Gasteiger partial charge in [-0.15, -0.1) is 0 Å². The van der Waals surface area contributed by atoms with E-state index in [1.807, 2.05) is 38.1 Å². The van der Waals surface area contributed by atoms with Crippen LogP contribution in [0.5, 0.6) is 0 Å². The van der Waals surface area contributed by atoms with Gasteiger partial charge < -0.3 is 26.0 Å². The fraction of sp³-hybridized carbons (Fsp3) is 0.600. The zero-order valence-electron chi connectivity index (χ0n) is 16.4. The summed E-state index contributed by atoms with van der Waals surface area (Å²) in [5.74, 6) is 0.831. The van der Waals surface area contributed by atoms with Crippen molar-refractivity contribution in [2.45, 2.75) is 70.9 Å². The van der Waals surface area contributed by atoms with Crippen molar-refractivity contribution in [3.05, 3.63) is 29.8 Å². The Balaban J connectivity index is 1.53. The Morgan fingerprint density at radius 3 is 2.63 bits per heavy atom. The summed E-state index contributed by atoms with van der Waals surface area (Å²) in [7, 11) is 0. The van der Waals surface area contributed by atoms with Gasteiger partial charge in [0, 0.05) is 18.3 Å². The van der Waals surface area contributed by atoms with Crippen LogP contribution in [0.15, 0.2) is 29.3 Å². The van der Waals surface area contributed by atoms with E-state index in [0.717, 1.165) is 36.6 Å². The van der Waals surface area contributed by atoms with Crippen LogP contribution < -0.4 is 21.3 Å². The van der Waals surface area contributed by atoms with Crippen LogP contribution in [0, 0.1) is 0 Å². The molecule has 0 aromatic heterocycles. The minimum absolute atomic E-state index is 0.107. The van der Waals surface area contributed by atoms with E-state index >= 15 is 0 Å². The highest BCUT2D eigenvalue weighted by atomic mass is 16.5. The van der Waals surface area contributed by atoms with Crippen molar-refractivity contribution in [1.29, 1.82) is 0 Å². The predicted molar refractivity (Wildman–Crippen MR) is 108 cm³/mol. The third-order valence-corrected chi connectivity index (χ3v) is 4.82. The lowest BCUT2D eigenvalue weighted by atomic mass is 9.96. The monoisotopic (exact) mass is 373 g/mol. The smallest absolute Gasteiger partial charge is 0.319 e. The van der Waals surface area contributed by atoms with Gasteiger partial charge in [-0.2, -0.15) is 0 Å². The van der Waals surface area contributed by atoms with Crippen LogP contribution in [0.4, 0.5) is 10.5 Å². The molecule has 0 radical (unpaired) electrons. The van der Waals surface area contributed by atoms with E-state index in [0.29, 0.717) is 24.8 Å². The molecule has 0 aliphatic carbocycles. The van der Waals surface area contributed by atoms with E-state index in [1.165, 1.54) is 6.42 Å². The molecule has 2 aliphatic heterocycles. The summed E-state index contributed by atoms with van der Waals surface area (Å²) in [5.41, 5.74) is 1.86. The van der Waals surface area contributed by atoms with E-state index in [2.05, 4.69) is 28.2 Å². The highest BCUT2D eigenvalue weighted by Crippen LogP contribution is 2.34. The molecule has 2 fully saturated rings. The maximum atomic E-state index is 11.7. The molecule has 3 atom stereocenters.